The number of hydrogen-bond donors (Lipinski definition) is 1. The molecule has 23 heavy (non-hydrogen) atoms. The second-order valence-corrected chi connectivity index (χ2v) is 6.46. The number of aromatic nitrogens is 1. The van der Waals surface area contributed by atoms with Crippen molar-refractivity contribution in [1.82, 2.24) is 4.57 Å². The summed E-state index contributed by atoms with van der Waals surface area (Å²) in [6.45, 7) is 4.68. The summed E-state index contributed by atoms with van der Waals surface area (Å²) in [5.41, 5.74) is 3.22. The van der Waals surface area contributed by atoms with Gasteiger partial charge in [0.15, 0.2) is 0 Å². The number of carbonyl (C=O) groups excluding carboxylic acids is 1. The molecule has 0 saturated carbocycles. The molecule has 0 atom stereocenters. The fourth-order valence-corrected chi connectivity index (χ4v) is 3.56. The first-order valence-electron chi connectivity index (χ1n) is 7.60. The third kappa shape index (κ3) is 3.05. The molecule has 0 aliphatic carbocycles. The van der Waals surface area contributed by atoms with Gasteiger partial charge in [0.2, 0.25) is 0 Å². The Kier molecular flexibility index (Phi) is 4.30. The molecule has 0 bridgehead atoms. The van der Waals surface area contributed by atoms with Gasteiger partial charge in [-0.2, -0.15) is 0 Å². The average molecular weight is 326 g/mol. The standard InChI is InChI=1S/C18H18N2O2S/c1-3-10-20-15-9-8-13(11-16(15)23-18(20)22)19-17(21)14-7-5-4-6-12(14)2/h4-9,11H,3,10H2,1-2H3,(H,19,21). The van der Waals surface area contributed by atoms with E-state index in [1.165, 1.54) is 11.3 Å². The molecular weight excluding hydrogens is 308 g/mol. The van der Waals surface area contributed by atoms with Crippen molar-refractivity contribution < 1.29 is 4.79 Å². The Bertz CT molecular complexity index is 924. The number of rotatable bonds is 4. The van der Waals surface area contributed by atoms with E-state index >= 15 is 0 Å². The Morgan fingerprint density at radius 3 is 2.74 bits per heavy atom. The number of anilines is 1. The molecule has 0 radical (unpaired) electrons. The van der Waals surface area contributed by atoms with Crippen LogP contribution in [-0.2, 0) is 6.54 Å². The first-order chi connectivity index (χ1) is 11.1. The first-order valence-corrected chi connectivity index (χ1v) is 8.42. The van der Waals surface area contributed by atoms with E-state index in [0.29, 0.717) is 17.8 Å². The Balaban J connectivity index is 1.91. The fourth-order valence-electron chi connectivity index (χ4n) is 2.61. The Labute approximate surface area is 138 Å². The number of nitrogens with one attached hydrogen (secondary N) is 1. The van der Waals surface area contributed by atoms with Gasteiger partial charge in [-0.3, -0.25) is 14.2 Å². The molecule has 2 aromatic carbocycles. The molecule has 0 fully saturated rings. The number of hydrogen-bond acceptors (Lipinski definition) is 3. The number of benzene rings is 2. The third-order valence-corrected chi connectivity index (χ3v) is 4.70. The molecule has 3 aromatic rings. The summed E-state index contributed by atoms with van der Waals surface area (Å²) in [6, 6.07) is 13.1. The molecule has 0 saturated heterocycles. The molecule has 118 valence electrons. The summed E-state index contributed by atoms with van der Waals surface area (Å²) in [6.07, 6.45) is 0.914. The van der Waals surface area contributed by atoms with Crippen LogP contribution in [0.1, 0.15) is 29.3 Å². The molecule has 0 aliphatic rings. The molecular formula is C18H18N2O2S. The van der Waals surface area contributed by atoms with E-state index in [-0.39, 0.29) is 10.8 Å². The number of fused-ring (bicyclic) bond motifs is 1. The van der Waals surface area contributed by atoms with Crippen molar-refractivity contribution in [1.29, 1.82) is 0 Å². The molecule has 1 aromatic heterocycles. The monoisotopic (exact) mass is 326 g/mol. The summed E-state index contributed by atoms with van der Waals surface area (Å²) in [5.74, 6) is -0.136. The lowest BCUT2D eigenvalue weighted by Gasteiger charge is -2.08. The zero-order chi connectivity index (χ0) is 16.4. The van der Waals surface area contributed by atoms with Crippen molar-refractivity contribution in [2.24, 2.45) is 0 Å². The van der Waals surface area contributed by atoms with Gasteiger partial charge in [0.1, 0.15) is 0 Å². The highest BCUT2D eigenvalue weighted by Crippen LogP contribution is 2.23. The van der Waals surface area contributed by atoms with E-state index in [1.807, 2.05) is 50.2 Å². The minimum Gasteiger partial charge on any atom is -0.322 e. The van der Waals surface area contributed by atoms with Crippen LogP contribution in [0.25, 0.3) is 10.2 Å². The van der Waals surface area contributed by atoms with Crippen molar-refractivity contribution in [2.75, 3.05) is 5.32 Å². The lowest BCUT2D eigenvalue weighted by molar-refractivity contribution is 0.102. The molecule has 1 heterocycles. The van der Waals surface area contributed by atoms with E-state index in [0.717, 1.165) is 22.2 Å². The Morgan fingerprint density at radius 1 is 1.22 bits per heavy atom. The Morgan fingerprint density at radius 2 is 2.00 bits per heavy atom. The van der Waals surface area contributed by atoms with E-state index < -0.39 is 0 Å². The van der Waals surface area contributed by atoms with Gasteiger partial charge in [-0.1, -0.05) is 36.5 Å². The zero-order valence-corrected chi connectivity index (χ0v) is 13.9. The summed E-state index contributed by atoms with van der Waals surface area (Å²) in [4.78, 5) is 24.4. The van der Waals surface area contributed by atoms with Crippen LogP contribution in [0.2, 0.25) is 0 Å². The van der Waals surface area contributed by atoms with E-state index in [2.05, 4.69) is 5.32 Å². The van der Waals surface area contributed by atoms with Gasteiger partial charge in [0, 0.05) is 17.8 Å². The summed E-state index contributed by atoms with van der Waals surface area (Å²) in [5, 5.41) is 2.91. The van der Waals surface area contributed by atoms with Crippen molar-refractivity contribution in [2.45, 2.75) is 26.8 Å². The van der Waals surface area contributed by atoms with Crippen LogP contribution in [0.3, 0.4) is 0 Å². The maximum atomic E-state index is 12.4. The van der Waals surface area contributed by atoms with Crippen LogP contribution in [0.4, 0.5) is 5.69 Å². The number of aryl methyl sites for hydroxylation is 2. The highest BCUT2D eigenvalue weighted by atomic mass is 32.1. The predicted octanol–water partition coefficient (Wildman–Crippen LogP) is 4.03. The molecule has 3 rings (SSSR count). The van der Waals surface area contributed by atoms with Gasteiger partial charge in [-0.25, -0.2) is 0 Å². The summed E-state index contributed by atoms with van der Waals surface area (Å²) >= 11 is 1.22. The van der Waals surface area contributed by atoms with Crippen LogP contribution in [0.5, 0.6) is 0 Å². The molecule has 4 nitrogen and oxygen atoms in total. The first kappa shape index (κ1) is 15.5. The van der Waals surface area contributed by atoms with Gasteiger partial charge in [-0.15, -0.1) is 0 Å². The highest BCUT2D eigenvalue weighted by molar-refractivity contribution is 7.16. The van der Waals surface area contributed by atoms with Gasteiger partial charge in [-0.05, 0) is 43.2 Å². The van der Waals surface area contributed by atoms with Crippen LogP contribution >= 0.6 is 11.3 Å². The van der Waals surface area contributed by atoms with Crippen LogP contribution in [0.15, 0.2) is 47.3 Å². The van der Waals surface area contributed by atoms with E-state index in [9.17, 15) is 9.59 Å². The van der Waals surface area contributed by atoms with Crippen LogP contribution < -0.4 is 10.2 Å². The lowest BCUT2D eigenvalue weighted by atomic mass is 10.1. The zero-order valence-electron chi connectivity index (χ0n) is 13.1. The second kappa shape index (κ2) is 6.38. The molecule has 0 unspecified atom stereocenters. The predicted molar refractivity (Wildman–Crippen MR) is 95.5 cm³/mol. The van der Waals surface area contributed by atoms with Crippen molar-refractivity contribution in [3.8, 4) is 0 Å². The molecule has 0 aliphatic heterocycles. The van der Waals surface area contributed by atoms with Crippen molar-refractivity contribution in [3.05, 3.63) is 63.3 Å². The second-order valence-electron chi connectivity index (χ2n) is 5.47. The molecule has 0 spiro atoms. The lowest BCUT2D eigenvalue weighted by Crippen LogP contribution is -2.13. The summed E-state index contributed by atoms with van der Waals surface area (Å²) < 4.78 is 2.68. The SMILES string of the molecule is CCCn1c(=O)sc2cc(NC(=O)c3ccccc3C)ccc21. The number of amides is 1. The number of thiazole rings is 1. The minimum absolute atomic E-state index is 0.0456. The van der Waals surface area contributed by atoms with Gasteiger partial charge in [0.05, 0.1) is 10.2 Å². The maximum Gasteiger partial charge on any atom is 0.308 e. The minimum atomic E-state index is -0.136. The normalized spacial score (nSPS) is 10.9. The quantitative estimate of drug-likeness (QED) is 0.787. The molecule has 1 N–H and O–H groups in total. The third-order valence-electron chi connectivity index (χ3n) is 3.76. The topological polar surface area (TPSA) is 51.1 Å². The van der Waals surface area contributed by atoms with Crippen molar-refractivity contribution in [3.63, 3.8) is 0 Å². The molecule has 1 amide bonds. The van der Waals surface area contributed by atoms with E-state index in [1.54, 1.807) is 10.6 Å². The van der Waals surface area contributed by atoms with Gasteiger partial charge in [0.25, 0.3) is 5.91 Å². The van der Waals surface area contributed by atoms with Crippen LogP contribution in [-0.4, -0.2) is 10.5 Å². The number of carbonyl (C=O) groups is 1. The average Bonchev–Trinajstić information content (AvgIpc) is 2.83. The van der Waals surface area contributed by atoms with E-state index in [4.69, 9.17) is 0 Å². The van der Waals surface area contributed by atoms with Crippen molar-refractivity contribution >= 4 is 33.1 Å². The van der Waals surface area contributed by atoms with Gasteiger partial charge < -0.3 is 5.32 Å². The molecule has 5 heteroatoms. The fraction of sp³-hybridized carbons (Fsp3) is 0.222. The maximum absolute atomic E-state index is 12.4. The number of nitrogens with zero attached hydrogens (tertiary/aromatic N) is 1. The smallest absolute Gasteiger partial charge is 0.308 e. The summed E-state index contributed by atoms with van der Waals surface area (Å²) in [7, 11) is 0. The largest absolute Gasteiger partial charge is 0.322 e. The van der Waals surface area contributed by atoms with Gasteiger partial charge >= 0.3 is 4.87 Å². The highest BCUT2D eigenvalue weighted by Gasteiger charge is 2.11. The Hall–Kier alpha value is -2.40. The van der Waals surface area contributed by atoms with Crippen LogP contribution in [0, 0.1) is 6.92 Å².